The SMILES string of the molecule is [2H]c1c([2H])c([2H])c(-c2c3c([2H])c([2H])c([2H])c([2H])c3c(-c3c([2H])c([2H])c(-c4coc5ccccc45)c([2H])c3[2H])c3c([2H])c([2H])c([2H])c([2H])c23)c([2H])c1[2H]. The van der Waals surface area contributed by atoms with E-state index in [2.05, 4.69) is 0 Å². The van der Waals surface area contributed by atoms with Gasteiger partial charge in [-0.15, -0.1) is 0 Å². The third-order valence-corrected chi connectivity index (χ3v) is 5.75. The summed E-state index contributed by atoms with van der Waals surface area (Å²) in [5, 5.41) is -1.56. The zero-order valence-corrected chi connectivity index (χ0v) is 17.8. The van der Waals surface area contributed by atoms with Gasteiger partial charge in [0, 0.05) is 10.9 Å². The number of hydrogen-bond acceptors (Lipinski definition) is 1. The van der Waals surface area contributed by atoms with Gasteiger partial charge in [-0.2, -0.15) is 0 Å². The van der Waals surface area contributed by atoms with E-state index in [1.807, 2.05) is 0 Å². The normalized spacial score (nSPS) is 18.2. The third-order valence-electron chi connectivity index (χ3n) is 5.75. The molecule has 7 aromatic rings. The van der Waals surface area contributed by atoms with E-state index in [9.17, 15) is 2.74 Å². The van der Waals surface area contributed by atoms with E-state index in [1.165, 1.54) is 6.26 Å². The molecule has 0 amide bonds. The highest BCUT2D eigenvalue weighted by atomic mass is 16.3. The number of furan rings is 1. The summed E-state index contributed by atoms with van der Waals surface area (Å²) < 4.78 is 155. The Balaban J connectivity index is 1.82. The standard InChI is InChI=1S/C34H22O/c1-2-10-24(11-3-1)33-27-13-4-6-15-29(27)34(30-16-7-5-14-28(30)33)25-20-18-23(19-21-25)31-22-35-32-17-9-8-12-26(31)32/h1-22H/i1D,2D,3D,4D,5D,6D,7D,10D,11D,13D,14D,15D,16D,18D,19D,20D,21D. The highest BCUT2D eigenvalue weighted by Crippen LogP contribution is 2.44. The van der Waals surface area contributed by atoms with Crippen molar-refractivity contribution in [2.45, 2.75) is 0 Å². The van der Waals surface area contributed by atoms with Crippen molar-refractivity contribution in [2.24, 2.45) is 0 Å². The first kappa shape index (κ1) is 9.20. The summed E-state index contributed by atoms with van der Waals surface area (Å²) in [4.78, 5) is 0. The van der Waals surface area contributed by atoms with Gasteiger partial charge < -0.3 is 4.42 Å². The lowest BCUT2D eigenvalue weighted by Gasteiger charge is -2.17. The van der Waals surface area contributed by atoms with Crippen molar-refractivity contribution in [1.29, 1.82) is 0 Å². The van der Waals surface area contributed by atoms with Crippen LogP contribution in [-0.4, -0.2) is 0 Å². The minimum absolute atomic E-state index is 0.156. The highest BCUT2D eigenvalue weighted by Gasteiger charge is 2.16. The zero-order valence-electron chi connectivity index (χ0n) is 34.8. The van der Waals surface area contributed by atoms with E-state index in [4.69, 9.17) is 25.0 Å². The Morgan fingerprint density at radius 3 is 1.54 bits per heavy atom. The van der Waals surface area contributed by atoms with Crippen LogP contribution in [0.3, 0.4) is 0 Å². The molecule has 6 aromatic carbocycles. The second-order valence-electron chi connectivity index (χ2n) is 7.65. The van der Waals surface area contributed by atoms with Gasteiger partial charge in [0.2, 0.25) is 0 Å². The summed E-state index contributed by atoms with van der Waals surface area (Å²) in [5.41, 5.74) is -1.67. The predicted molar refractivity (Wildman–Crippen MR) is 148 cm³/mol. The smallest absolute Gasteiger partial charge is 0.134 e. The molecule has 0 fully saturated rings. The summed E-state index contributed by atoms with van der Waals surface area (Å²) in [6, 6.07) is -6.37. The van der Waals surface area contributed by atoms with Crippen LogP contribution in [0.2, 0.25) is 0 Å². The second-order valence-corrected chi connectivity index (χ2v) is 7.65. The van der Waals surface area contributed by atoms with Crippen molar-refractivity contribution in [3.63, 3.8) is 0 Å². The maximum Gasteiger partial charge on any atom is 0.134 e. The molecule has 164 valence electrons. The minimum Gasteiger partial charge on any atom is -0.464 e. The van der Waals surface area contributed by atoms with Crippen molar-refractivity contribution < 1.29 is 27.7 Å². The molecule has 0 unspecified atom stereocenters. The Hall–Kier alpha value is -4.62. The van der Waals surface area contributed by atoms with Gasteiger partial charge in [0.1, 0.15) is 5.58 Å². The van der Waals surface area contributed by atoms with Gasteiger partial charge in [0.15, 0.2) is 0 Å². The molecule has 35 heavy (non-hydrogen) atoms. The molecule has 0 bridgehead atoms. The lowest BCUT2D eigenvalue weighted by atomic mass is 9.86. The second kappa shape index (κ2) is 8.00. The van der Waals surface area contributed by atoms with Gasteiger partial charge in [-0.05, 0) is 55.4 Å². The van der Waals surface area contributed by atoms with Gasteiger partial charge in [0.25, 0.3) is 0 Å². The Bertz CT molecular complexity index is 2630. The zero-order chi connectivity index (χ0) is 38.0. The van der Waals surface area contributed by atoms with Crippen LogP contribution in [0, 0.1) is 0 Å². The lowest BCUT2D eigenvalue weighted by Crippen LogP contribution is -1.90. The molecule has 0 radical (unpaired) electrons. The first-order chi connectivity index (χ1) is 24.4. The van der Waals surface area contributed by atoms with E-state index in [-0.39, 0.29) is 11.1 Å². The van der Waals surface area contributed by atoms with Gasteiger partial charge in [-0.25, -0.2) is 0 Å². The van der Waals surface area contributed by atoms with Crippen LogP contribution in [0.5, 0.6) is 0 Å². The molecule has 0 aliphatic carbocycles. The van der Waals surface area contributed by atoms with Crippen LogP contribution in [-0.2, 0) is 0 Å². The molecular weight excluding hydrogens is 424 g/mol. The van der Waals surface area contributed by atoms with Crippen molar-refractivity contribution in [3.8, 4) is 33.4 Å². The first-order valence-corrected chi connectivity index (χ1v) is 10.6. The summed E-state index contributed by atoms with van der Waals surface area (Å²) in [6.45, 7) is 0. The van der Waals surface area contributed by atoms with E-state index < -0.39 is 147 Å². The van der Waals surface area contributed by atoms with Gasteiger partial charge in [0.05, 0.1) is 29.6 Å². The average Bonchev–Trinajstić information content (AvgIpc) is 3.55. The molecule has 0 aliphatic rings. The van der Waals surface area contributed by atoms with Crippen molar-refractivity contribution in [1.82, 2.24) is 0 Å². The Morgan fingerprint density at radius 1 is 0.457 bits per heavy atom. The topological polar surface area (TPSA) is 13.1 Å². The van der Waals surface area contributed by atoms with Crippen molar-refractivity contribution >= 4 is 32.5 Å². The summed E-state index contributed by atoms with van der Waals surface area (Å²) in [5.74, 6) is 0. The van der Waals surface area contributed by atoms with E-state index in [1.54, 1.807) is 24.3 Å². The molecule has 0 aliphatic heterocycles. The van der Waals surface area contributed by atoms with E-state index in [0.717, 1.165) is 0 Å². The molecule has 1 heteroatoms. The van der Waals surface area contributed by atoms with Crippen LogP contribution in [0.1, 0.15) is 23.3 Å². The fraction of sp³-hybridized carbons (Fsp3) is 0. The number of hydrogen-bond donors (Lipinski definition) is 0. The lowest BCUT2D eigenvalue weighted by molar-refractivity contribution is 0.617. The number of fused-ring (bicyclic) bond motifs is 3. The molecule has 1 aromatic heterocycles. The van der Waals surface area contributed by atoms with E-state index in [0.29, 0.717) is 11.0 Å². The Morgan fingerprint density at radius 2 is 0.943 bits per heavy atom. The van der Waals surface area contributed by atoms with Crippen LogP contribution < -0.4 is 0 Å². The van der Waals surface area contributed by atoms with Crippen LogP contribution in [0.4, 0.5) is 0 Å². The van der Waals surface area contributed by atoms with E-state index >= 15 is 0 Å². The summed E-state index contributed by atoms with van der Waals surface area (Å²) >= 11 is 0. The van der Waals surface area contributed by atoms with Gasteiger partial charge in [-0.1, -0.05) is 121 Å². The average molecular weight is 464 g/mol. The number of para-hydroxylation sites is 1. The molecular formula is C34H22O. The Kier molecular flexibility index (Phi) is 2.10. The summed E-state index contributed by atoms with van der Waals surface area (Å²) in [7, 11) is 0. The molecule has 0 spiro atoms. The van der Waals surface area contributed by atoms with Crippen molar-refractivity contribution in [2.75, 3.05) is 0 Å². The molecule has 7 rings (SSSR count). The highest BCUT2D eigenvalue weighted by molar-refractivity contribution is 6.21. The fourth-order valence-electron chi connectivity index (χ4n) is 4.24. The Labute approximate surface area is 227 Å². The number of rotatable bonds is 3. The third kappa shape index (κ3) is 3.17. The summed E-state index contributed by atoms with van der Waals surface area (Å²) in [6.07, 6.45) is 1.28. The molecule has 0 saturated carbocycles. The fourth-order valence-corrected chi connectivity index (χ4v) is 4.24. The van der Waals surface area contributed by atoms with Gasteiger partial charge in [-0.3, -0.25) is 0 Å². The molecule has 0 N–H and O–H groups in total. The number of benzene rings is 6. The molecule has 1 heterocycles. The van der Waals surface area contributed by atoms with Crippen LogP contribution >= 0.6 is 0 Å². The maximum absolute atomic E-state index is 9.24. The molecule has 0 atom stereocenters. The largest absolute Gasteiger partial charge is 0.464 e. The molecule has 0 saturated heterocycles. The minimum atomic E-state index is -0.820. The predicted octanol–water partition coefficient (Wildman–Crippen LogP) is 9.74. The monoisotopic (exact) mass is 463 g/mol. The first-order valence-electron chi connectivity index (χ1n) is 19.1. The van der Waals surface area contributed by atoms with Crippen LogP contribution in [0.15, 0.2) is 138 Å². The van der Waals surface area contributed by atoms with Crippen LogP contribution in [0.25, 0.3) is 65.9 Å². The molecule has 1 nitrogen and oxygen atoms in total. The maximum atomic E-state index is 9.24. The van der Waals surface area contributed by atoms with Gasteiger partial charge >= 0.3 is 0 Å². The quantitative estimate of drug-likeness (QED) is 0.238. The van der Waals surface area contributed by atoms with Crippen molar-refractivity contribution in [3.05, 3.63) is 133 Å².